The summed E-state index contributed by atoms with van der Waals surface area (Å²) in [5.74, 6) is 1.05. The lowest BCUT2D eigenvalue weighted by Gasteiger charge is -2.08. The molecule has 2 aromatic carbocycles. The number of rotatable bonds is 7. The summed E-state index contributed by atoms with van der Waals surface area (Å²) in [7, 11) is 0. The Kier molecular flexibility index (Phi) is 5.54. The zero-order chi connectivity index (χ0) is 16.8. The van der Waals surface area contributed by atoms with Crippen LogP contribution in [0.2, 0.25) is 0 Å². The Morgan fingerprint density at radius 3 is 2.58 bits per heavy atom. The molecule has 5 heteroatoms. The predicted molar refractivity (Wildman–Crippen MR) is 98.2 cm³/mol. The third kappa shape index (κ3) is 5.13. The molecule has 2 aromatic rings. The van der Waals surface area contributed by atoms with Gasteiger partial charge in [0, 0.05) is 23.0 Å². The van der Waals surface area contributed by atoms with Crippen molar-refractivity contribution in [2.45, 2.75) is 24.6 Å². The fourth-order valence-corrected chi connectivity index (χ4v) is 3.06. The number of carbonyl (C=O) groups is 2. The van der Waals surface area contributed by atoms with E-state index in [4.69, 9.17) is 0 Å². The van der Waals surface area contributed by atoms with Crippen LogP contribution < -0.4 is 10.6 Å². The molecule has 0 radical (unpaired) electrons. The van der Waals surface area contributed by atoms with E-state index < -0.39 is 0 Å². The van der Waals surface area contributed by atoms with E-state index in [1.54, 1.807) is 36.0 Å². The van der Waals surface area contributed by atoms with E-state index in [9.17, 15) is 9.59 Å². The van der Waals surface area contributed by atoms with Crippen molar-refractivity contribution >= 4 is 29.3 Å². The van der Waals surface area contributed by atoms with Gasteiger partial charge in [0.25, 0.3) is 5.91 Å². The van der Waals surface area contributed by atoms with Crippen LogP contribution >= 0.6 is 11.8 Å². The molecule has 24 heavy (non-hydrogen) atoms. The Labute approximate surface area is 146 Å². The first-order valence-corrected chi connectivity index (χ1v) is 9.18. The van der Waals surface area contributed by atoms with Gasteiger partial charge in [-0.2, -0.15) is 0 Å². The van der Waals surface area contributed by atoms with Crippen molar-refractivity contribution in [3.63, 3.8) is 0 Å². The first kappa shape index (κ1) is 16.6. The molecule has 0 atom stereocenters. The highest BCUT2D eigenvalue weighted by molar-refractivity contribution is 7.99. The van der Waals surface area contributed by atoms with Gasteiger partial charge in [0.2, 0.25) is 5.91 Å². The summed E-state index contributed by atoms with van der Waals surface area (Å²) in [6, 6.07) is 17.5. The predicted octanol–water partition coefficient (Wildman–Crippen LogP) is 3.45. The van der Waals surface area contributed by atoms with Crippen molar-refractivity contribution in [1.82, 2.24) is 5.32 Å². The second-order valence-electron chi connectivity index (χ2n) is 5.86. The van der Waals surface area contributed by atoms with Crippen molar-refractivity contribution in [2.24, 2.45) is 0 Å². The van der Waals surface area contributed by atoms with E-state index in [2.05, 4.69) is 10.6 Å². The number of thioether (sulfide) groups is 1. The van der Waals surface area contributed by atoms with Crippen molar-refractivity contribution in [3.05, 3.63) is 65.7 Å². The zero-order valence-corrected chi connectivity index (χ0v) is 14.1. The number of hydrogen-bond acceptors (Lipinski definition) is 3. The standard InChI is InChI=1S/C19H20N2O2S/c22-18(13-24-12-14-5-2-1-3-6-14)20-17-8-4-7-15(11-17)19(23)21-16-9-10-16/h1-8,11,16H,9-10,12-13H2,(H,20,22)(H,21,23). The third-order valence-corrected chi connectivity index (χ3v) is 4.67. The molecule has 4 nitrogen and oxygen atoms in total. The van der Waals surface area contributed by atoms with E-state index in [-0.39, 0.29) is 11.8 Å². The van der Waals surface area contributed by atoms with Crippen molar-refractivity contribution in [1.29, 1.82) is 0 Å². The Hall–Kier alpha value is -2.27. The average Bonchev–Trinajstić information content (AvgIpc) is 3.40. The van der Waals surface area contributed by atoms with Crippen molar-refractivity contribution < 1.29 is 9.59 Å². The highest BCUT2D eigenvalue weighted by Gasteiger charge is 2.23. The molecule has 0 heterocycles. The van der Waals surface area contributed by atoms with Crippen LogP contribution in [-0.2, 0) is 10.5 Å². The zero-order valence-electron chi connectivity index (χ0n) is 13.3. The van der Waals surface area contributed by atoms with Crippen molar-refractivity contribution in [3.8, 4) is 0 Å². The first-order valence-electron chi connectivity index (χ1n) is 8.03. The van der Waals surface area contributed by atoms with Gasteiger partial charge in [0.1, 0.15) is 0 Å². The fraction of sp³-hybridized carbons (Fsp3) is 0.263. The van der Waals surface area contributed by atoms with Gasteiger partial charge in [-0.05, 0) is 36.6 Å². The highest BCUT2D eigenvalue weighted by atomic mass is 32.2. The molecule has 1 fully saturated rings. The minimum Gasteiger partial charge on any atom is -0.349 e. The lowest BCUT2D eigenvalue weighted by molar-refractivity contribution is -0.113. The van der Waals surface area contributed by atoms with Crippen LogP contribution in [0.25, 0.3) is 0 Å². The van der Waals surface area contributed by atoms with E-state index in [0.29, 0.717) is 23.0 Å². The molecule has 2 N–H and O–H groups in total. The molecule has 124 valence electrons. The van der Waals surface area contributed by atoms with E-state index in [1.807, 2.05) is 30.3 Å². The van der Waals surface area contributed by atoms with Gasteiger partial charge >= 0.3 is 0 Å². The molecule has 1 aliphatic carbocycles. The Morgan fingerprint density at radius 1 is 1.04 bits per heavy atom. The maximum atomic E-state index is 12.0. The van der Waals surface area contributed by atoms with Crippen LogP contribution in [-0.4, -0.2) is 23.6 Å². The molecule has 3 rings (SSSR count). The summed E-state index contributed by atoms with van der Waals surface area (Å²) in [6.07, 6.45) is 2.11. The molecule has 2 amide bonds. The summed E-state index contributed by atoms with van der Waals surface area (Å²) in [6.45, 7) is 0. The van der Waals surface area contributed by atoms with Crippen LogP contribution in [0.1, 0.15) is 28.8 Å². The summed E-state index contributed by atoms with van der Waals surface area (Å²) >= 11 is 1.57. The summed E-state index contributed by atoms with van der Waals surface area (Å²) in [5.41, 5.74) is 2.44. The molecule has 0 unspecified atom stereocenters. The number of amides is 2. The van der Waals surface area contributed by atoms with Crippen LogP contribution in [0.3, 0.4) is 0 Å². The van der Waals surface area contributed by atoms with Crippen LogP contribution in [0.5, 0.6) is 0 Å². The number of nitrogens with one attached hydrogen (secondary N) is 2. The quantitative estimate of drug-likeness (QED) is 0.812. The van der Waals surface area contributed by atoms with Crippen LogP contribution in [0.4, 0.5) is 5.69 Å². The lowest BCUT2D eigenvalue weighted by Crippen LogP contribution is -2.25. The maximum absolute atomic E-state index is 12.0. The SMILES string of the molecule is O=C(CSCc1ccccc1)Nc1cccc(C(=O)NC2CC2)c1. The molecule has 0 bridgehead atoms. The summed E-state index contributed by atoms with van der Waals surface area (Å²) in [4.78, 5) is 24.1. The van der Waals surface area contributed by atoms with Crippen molar-refractivity contribution in [2.75, 3.05) is 11.1 Å². The third-order valence-electron chi connectivity index (χ3n) is 3.67. The van der Waals surface area contributed by atoms with Gasteiger partial charge < -0.3 is 10.6 Å². The van der Waals surface area contributed by atoms with Crippen LogP contribution in [0.15, 0.2) is 54.6 Å². The number of hydrogen-bond donors (Lipinski definition) is 2. The van der Waals surface area contributed by atoms with Gasteiger partial charge in [0.15, 0.2) is 0 Å². The topological polar surface area (TPSA) is 58.2 Å². The monoisotopic (exact) mass is 340 g/mol. The van der Waals surface area contributed by atoms with E-state index >= 15 is 0 Å². The Morgan fingerprint density at radius 2 is 1.83 bits per heavy atom. The van der Waals surface area contributed by atoms with Gasteiger partial charge in [-0.1, -0.05) is 36.4 Å². The Balaban J connectivity index is 1.47. The van der Waals surface area contributed by atoms with Gasteiger partial charge in [0.05, 0.1) is 5.75 Å². The van der Waals surface area contributed by atoms with E-state index in [0.717, 1.165) is 18.6 Å². The average molecular weight is 340 g/mol. The highest BCUT2D eigenvalue weighted by Crippen LogP contribution is 2.20. The number of benzene rings is 2. The van der Waals surface area contributed by atoms with Gasteiger partial charge in [-0.3, -0.25) is 9.59 Å². The summed E-state index contributed by atoms with van der Waals surface area (Å²) in [5, 5.41) is 5.80. The molecule has 0 spiro atoms. The Bertz CT molecular complexity index is 714. The largest absolute Gasteiger partial charge is 0.349 e. The molecular weight excluding hydrogens is 320 g/mol. The van der Waals surface area contributed by atoms with Crippen LogP contribution in [0, 0.1) is 0 Å². The smallest absolute Gasteiger partial charge is 0.251 e. The normalized spacial score (nSPS) is 13.3. The second-order valence-corrected chi connectivity index (χ2v) is 6.84. The molecule has 0 aliphatic heterocycles. The number of anilines is 1. The molecule has 1 aliphatic rings. The number of carbonyl (C=O) groups excluding carboxylic acids is 2. The maximum Gasteiger partial charge on any atom is 0.251 e. The molecule has 1 saturated carbocycles. The second kappa shape index (κ2) is 8.02. The minimum atomic E-state index is -0.0768. The molecular formula is C19H20N2O2S. The molecule has 0 aromatic heterocycles. The first-order chi connectivity index (χ1) is 11.7. The summed E-state index contributed by atoms with van der Waals surface area (Å²) < 4.78 is 0. The molecule has 0 saturated heterocycles. The van der Waals surface area contributed by atoms with Gasteiger partial charge in [-0.25, -0.2) is 0 Å². The lowest BCUT2D eigenvalue weighted by atomic mass is 10.2. The fourth-order valence-electron chi connectivity index (χ4n) is 2.27. The van der Waals surface area contributed by atoms with E-state index in [1.165, 1.54) is 5.56 Å². The minimum absolute atomic E-state index is 0.0596. The van der Waals surface area contributed by atoms with Gasteiger partial charge in [-0.15, -0.1) is 11.8 Å².